The van der Waals surface area contributed by atoms with E-state index in [1.807, 2.05) is 6.92 Å². The van der Waals surface area contributed by atoms with Gasteiger partial charge >= 0.3 is 0 Å². The first-order valence-corrected chi connectivity index (χ1v) is 5.88. The Hall–Kier alpha value is -0.940. The average molecular weight is 289 g/mol. The van der Waals surface area contributed by atoms with E-state index in [9.17, 15) is 9.18 Å². The predicted octanol–water partition coefficient (Wildman–Crippen LogP) is 2.53. The summed E-state index contributed by atoms with van der Waals surface area (Å²) < 4.78 is 14.0. The molecule has 0 spiro atoms. The molecule has 0 radical (unpaired) electrons. The summed E-state index contributed by atoms with van der Waals surface area (Å²) in [7, 11) is 0. The smallest absolute Gasteiger partial charge is 0.238 e. The van der Waals surface area contributed by atoms with Crippen LogP contribution < -0.4 is 10.6 Å². The minimum Gasteiger partial charge on any atom is -0.322 e. The van der Waals surface area contributed by atoms with E-state index in [4.69, 9.17) is 0 Å². The molecule has 0 aliphatic rings. The summed E-state index contributed by atoms with van der Waals surface area (Å²) in [4.78, 5) is 11.4. The quantitative estimate of drug-likeness (QED) is 0.818. The van der Waals surface area contributed by atoms with Crippen LogP contribution in [-0.4, -0.2) is 19.0 Å². The Morgan fingerprint density at radius 3 is 2.94 bits per heavy atom. The predicted molar refractivity (Wildman–Crippen MR) is 65.9 cm³/mol. The number of anilines is 1. The molecule has 1 amide bonds. The molecule has 0 unspecified atom stereocenters. The molecule has 0 saturated heterocycles. The summed E-state index contributed by atoms with van der Waals surface area (Å²) >= 11 is 3.22. The highest BCUT2D eigenvalue weighted by molar-refractivity contribution is 9.10. The molecule has 0 atom stereocenters. The molecule has 5 heteroatoms. The van der Waals surface area contributed by atoms with Crippen molar-refractivity contribution >= 4 is 27.5 Å². The Kier molecular flexibility index (Phi) is 5.42. The van der Waals surface area contributed by atoms with Gasteiger partial charge in [-0.1, -0.05) is 22.9 Å². The monoisotopic (exact) mass is 288 g/mol. The summed E-state index contributed by atoms with van der Waals surface area (Å²) in [5.41, 5.74) is 0.192. The van der Waals surface area contributed by atoms with Crippen molar-refractivity contribution in [1.29, 1.82) is 0 Å². The minimum absolute atomic E-state index is 0.192. The number of carbonyl (C=O) groups is 1. The summed E-state index contributed by atoms with van der Waals surface area (Å²) in [5, 5.41) is 5.45. The van der Waals surface area contributed by atoms with Crippen molar-refractivity contribution in [1.82, 2.24) is 5.32 Å². The first-order chi connectivity index (χ1) is 7.63. The minimum atomic E-state index is -0.438. The fourth-order valence-electron chi connectivity index (χ4n) is 1.17. The summed E-state index contributed by atoms with van der Waals surface area (Å²) in [5.74, 6) is -0.683. The maximum atomic E-state index is 13.3. The molecule has 0 fully saturated rings. The molecular formula is C11H14BrFN2O. The molecular weight excluding hydrogens is 275 g/mol. The van der Waals surface area contributed by atoms with Crippen LogP contribution >= 0.6 is 15.9 Å². The summed E-state index contributed by atoms with van der Waals surface area (Å²) in [6, 6.07) is 4.42. The van der Waals surface area contributed by atoms with E-state index in [1.54, 1.807) is 6.07 Å². The second-order valence-electron chi connectivity index (χ2n) is 3.35. The van der Waals surface area contributed by atoms with Crippen LogP contribution in [0, 0.1) is 5.82 Å². The van der Waals surface area contributed by atoms with Gasteiger partial charge in [0.1, 0.15) is 5.82 Å². The number of hydrogen-bond donors (Lipinski definition) is 2. The van der Waals surface area contributed by atoms with E-state index in [-0.39, 0.29) is 18.1 Å². The van der Waals surface area contributed by atoms with Gasteiger partial charge in [0, 0.05) is 4.47 Å². The molecule has 3 nitrogen and oxygen atoms in total. The number of amides is 1. The number of nitrogens with one attached hydrogen (secondary N) is 2. The second-order valence-corrected chi connectivity index (χ2v) is 4.26. The van der Waals surface area contributed by atoms with E-state index in [1.165, 1.54) is 12.1 Å². The fraction of sp³-hybridized carbons (Fsp3) is 0.364. The lowest BCUT2D eigenvalue weighted by Crippen LogP contribution is -2.28. The van der Waals surface area contributed by atoms with E-state index < -0.39 is 5.82 Å². The zero-order chi connectivity index (χ0) is 12.0. The lowest BCUT2D eigenvalue weighted by atomic mass is 10.3. The summed E-state index contributed by atoms with van der Waals surface area (Å²) in [6.45, 7) is 2.98. The van der Waals surface area contributed by atoms with Crippen LogP contribution in [0.3, 0.4) is 0 Å². The van der Waals surface area contributed by atoms with Gasteiger partial charge in [0.2, 0.25) is 5.91 Å². The highest BCUT2D eigenvalue weighted by atomic mass is 79.9. The van der Waals surface area contributed by atoms with E-state index in [2.05, 4.69) is 26.6 Å². The van der Waals surface area contributed by atoms with Crippen molar-refractivity contribution < 1.29 is 9.18 Å². The largest absolute Gasteiger partial charge is 0.322 e. The molecule has 0 bridgehead atoms. The molecule has 1 rings (SSSR count). The number of hydrogen-bond acceptors (Lipinski definition) is 2. The van der Waals surface area contributed by atoms with Crippen molar-refractivity contribution in [3.05, 3.63) is 28.5 Å². The van der Waals surface area contributed by atoms with Gasteiger partial charge in [0.15, 0.2) is 0 Å². The van der Waals surface area contributed by atoms with Crippen molar-refractivity contribution in [3.8, 4) is 0 Å². The van der Waals surface area contributed by atoms with Crippen LogP contribution in [0.1, 0.15) is 13.3 Å². The van der Waals surface area contributed by atoms with E-state index >= 15 is 0 Å². The van der Waals surface area contributed by atoms with Crippen LogP contribution in [-0.2, 0) is 4.79 Å². The van der Waals surface area contributed by atoms with Gasteiger partial charge in [-0.05, 0) is 31.2 Å². The fourth-order valence-corrected chi connectivity index (χ4v) is 1.53. The van der Waals surface area contributed by atoms with Gasteiger partial charge in [0.25, 0.3) is 0 Å². The van der Waals surface area contributed by atoms with Crippen LogP contribution in [0.5, 0.6) is 0 Å². The van der Waals surface area contributed by atoms with Crippen LogP contribution in [0.4, 0.5) is 10.1 Å². The topological polar surface area (TPSA) is 41.1 Å². The van der Waals surface area contributed by atoms with Gasteiger partial charge < -0.3 is 10.6 Å². The molecule has 1 aromatic rings. The number of benzene rings is 1. The Bertz CT molecular complexity index is 371. The van der Waals surface area contributed by atoms with Crippen molar-refractivity contribution in [2.45, 2.75) is 13.3 Å². The molecule has 0 aliphatic carbocycles. The van der Waals surface area contributed by atoms with E-state index in [0.29, 0.717) is 0 Å². The standard InChI is InChI=1S/C11H14BrFN2O/c1-2-5-14-7-11(16)15-10-6-8(12)3-4-9(10)13/h3-4,6,14H,2,5,7H2,1H3,(H,15,16). The summed E-state index contributed by atoms with van der Waals surface area (Å²) in [6.07, 6.45) is 0.957. The molecule has 0 aromatic heterocycles. The van der Waals surface area contributed by atoms with Crippen molar-refractivity contribution in [2.24, 2.45) is 0 Å². The third-order valence-electron chi connectivity index (χ3n) is 1.91. The first-order valence-electron chi connectivity index (χ1n) is 5.09. The van der Waals surface area contributed by atoms with E-state index in [0.717, 1.165) is 17.4 Å². The van der Waals surface area contributed by atoms with Gasteiger partial charge in [-0.15, -0.1) is 0 Å². The Labute approximate surface area is 103 Å². The highest BCUT2D eigenvalue weighted by Gasteiger charge is 2.06. The van der Waals surface area contributed by atoms with Crippen LogP contribution in [0.2, 0.25) is 0 Å². The maximum Gasteiger partial charge on any atom is 0.238 e. The van der Waals surface area contributed by atoms with Crippen LogP contribution in [0.15, 0.2) is 22.7 Å². The highest BCUT2D eigenvalue weighted by Crippen LogP contribution is 2.19. The Balaban J connectivity index is 2.52. The van der Waals surface area contributed by atoms with Crippen molar-refractivity contribution in [3.63, 3.8) is 0 Å². The normalized spacial score (nSPS) is 10.2. The zero-order valence-corrected chi connectivity index (χ0v) is 10.6. The van der Waals surface area contributed by atoms with Gasteiger partial charge in [-0.3, -0.25) is 4.79 Å². The maximum absolute atomic E-state index is 13.3. The number of rotatable bonds is 5. The molecule has 88 valence electrons. The number of halogens is 2. The third kappa shape index (κ3) is 4.28. The second kappa shape index (κ2) is 6.60. The molecule has 0 aliphatic heterocycles. The SMILES string of the molecule is CCCNCC(=O)Nc1cc(Br)ccc1F. The molecule has 2 N–H and O–H groups in total. The van der Waals surface area contributed by atoms with Crippen molar-refractivity contribution in [2.75, 3.05) is 18.4 Å². The average Bonchev–Trinajstić information content (AvgIpc) is 2.24. The lowest BCUT2D eigenvalue weighted by molar-refractivity contribution is -0.115. The zero-order valence-electron chi connectivity index (χ0n) is 9.02. The third-order valence-corrected chi connectivity index (χ3v) is 2.41. The first kappa shape index (κ1) is 13.1. The lowest BCUT2D eigenvalue weighted by Gasteiger charge is -2.07. The van der Waals surface area contributed by atoms with Crippen LogP contribution in [0.25, 0.3) is 0 Å². The Morgan fingerprint density at radius 1 is 1.50 bits per heavy atom. The molecule has 16 heavy (non-hydrogen) atoms. The molecule has 1 aromatic carbocycles. The Morgan fingerprint density at radius 2 is 2.25 bits per heavy atom. The van der Waals surface area contributed by atoms with Gasteiger partial charge in [0.05, 0.1) is 12.2 Å². The number of carbonyl (C=O) groups excluding carboxylic acids is 1. The molecule has 0 heterocycles. The molecule has 0 saturated carbocycles. The van der Waals surface area contributed by atoms with Gasteiger partial charge in [-0.25, -0.2) is 4.39 Å². The van der Waals surface area contributed by atoms with Gasteiger partial charge in [-0.2, -0.15) is 0 Å².